The lowest BCUT2D eigenvalue weighted by Gasteiger charge is -2.17. The van der Waals surface area contributed by atoms with Crippen molar-refractivity contribution in [3.8, 4) is 0 Å². The first kappa shape index (κ1) is 22.6. The maximum atomic E-state index is 11.7. The smallest absolute Gasteiger partial charge is 0.135 e. The molecular formula is C20H40O3. The number of ether oxygens (including phenoxy) is 2. The van der Waals surface area contributed by atoms with Gasteiger partial charge in [0.2, 0.25) is 0 Å². The molecule has 0 atom stereocenters. The van der Waals surface area contributed by atoms with Crippen LogP contribution >= 0.6 is 0 Å². The Kier molecular flexibility index (Phi) is 11.8. The van der Waals surface area contributed by atoms with Crippen LogP contribution in [0.25, 0.3) is 0 Å². The highest BCUT2D eigenvalue weighted by Crippen LogP contribution is 2.22. The number of carbonyl (C=O) groups is 1. The van der Waals surface area contributed by atoms with Crippen molar-refractivity contribution >= 4 is 5.78 Å². The third kappa shape index (κ3) is 19.5. The van der Waals surface area contributed by atoms with Crippen LogP contribution in [0.5, 0.6) is 0 Å². The van der Waals surface area contributed by atoms with Gasteiger partial charge >= 0.3 is 0 Å². The van der Waals surface area contributed by atoms with Crippen LogP contribution in [-0.4, -0.2) is 32.2 Å². The molecular weight excluding hydrogens is 288 g/mol. The van der Waals surface area contributed by atoms with E-state index in [1.165, 1.54) is 12.8 Å². The molecule has 0 unspecified atom stereocenters. The molecule has 0 fully saturated rings. The Labute approximate surface area is 144 Å². The summed E-state index contributed by atoms with van der Waals surface area (Å²) in [4.78, 5) is 11.7. The van der Waals surface area contributed by atoms with Gasteiger partial charge in [-0.25, -0.2) is 0 Å². The van der Waals surface area contributed by atoms with Crippen LogP contribution in [-0.2, 0) is 14.3 Å². The molecule has 0 saturated heterocycles. The zero-order valence-corrected chi connectivity index (χ0v) is 16.5. The standard InChI is InChI=1S/C20H40O3/c1-19(2,3)12-8-7-10-18(21)11-15-23-17-16-22-14-9-13-20(4,5)6/h7-17H2,1-6H3. The number of unbranched alkanes of at least 4 members (excludes halogenated alkanes) is 1. The van der Waals surface area contributed by atoms with Crippen LogP contribution in [0.3, 0.4) is 0 Å². The van der Waals surface area contributed by atoms with Crippen LogP contribution in [0.4, 0.5) is 0 Å². The van der Waals surface area contributed by atoms with E-state index in [-0.39, 0.29) is 0 Å². The van der Waals surface area contributed by atoms with Crippen LogP contribution in [0, 0.1) is 10.8 Å². The Hall–Kier alpha value is -0.410. The van der Waals surface area contributed by atoms with Gasteiger partial charge in [-0.3, -0.25) is 4.79 Å². The highest BCUT2D eigenvalue weighted by molar-refractivity contribution is 5.78. The van der Waals surface area contributed by atoms with Gasteiger partial charge in [0.15, 0.2) is 0 Å². The summed E-state index contributed by atoms with van der Waals surface area (Å²) >= 11 is 0. The Balaban J connectivity index is 3.30. The van der Waals surface area contributed by atoms with Crippen molar-refractivity contribution in [1.82, 2.24) is 0 Å². The molecule has 0 radical (unpaired) electrons. The highest BCUT2D eigenvalue weighted by atomic mass is 16.5. The molecule has 0 aromatic carbocycles. The summed E-state index contributed by atoms with van der Waals surface area (Å²) in [6, 6.07) is 0. The summed E-state index contributed by atoms with van der Waals surface area (Å²) < 4.78 is 11.0. The summed E-state index contributed by atoms with van der Waals surface area (Å²) in [6.45, 7) is 16.0. The first-order valence-electron chi connectivity index (χ1n) is 9.27. The van der Waals surface area contributed by atoms with Gasteiger partial charge in [-0.05, 0) is 36.5 Å². The van der Waals surface area contributed by atoms with Crippen molar-refractivity contribution in [3.63, 3.8) is 0 Å². The minimum Gasteiger partial charge on any atom is -0.379 e. The number of rotatable bonds is 13. The number of carbonyl (C=O) groups excluding carboxylic acids is 1. The minimum absolute atomic E-state index is 0.324. The van der Waals surface area contributed by atoms with Gasteiger partial charge in [0.25, 0.3) is 0 Å². The zero-order chi connectivity index (χ0) is 17.8. The molecule has 0 aliphatic rings. The second-order valence-corrected chi connectivity index (χ2v) is 8.95. The molecule has 0 aliphatic carbocycles. The zero-order valence-electron chi connectivity index (χ0n) is 16.5. The summed E-state index contributed by atoms with van der Waals surface area (Å²) in [5.74, 6) is 0.324. The fourth-order valence-electron chi connectivity index (χ4n) is 2.32. The number of ketones is 1. The predicted octanol–water partition coefficient (Wildman–Crippen LogP) is 5.41. The van der Waals surface area contributed by atoms with Crippen LogP contribution in [0.1, 0.15) is 86.5 Å². The second kappa shape index (κ2) is 12.0. The minimum atomic E-state index is 0.324. The average molecular weight is 329 g/mol. The number of hydrogen-bond acceptors (Lipinski definition) is 3. The van der Waals surface area contributed by atoms with Crippen molar-refractivity contribution in [2.45, 2.75) is 86.5 Å². The molecule has 0 heterocycles. The van der Waals surface area contributed by atoms with Crippen molar-refractivity contribution in [2.75, 3.05) is 26.4 Å². The van der Waals surface area contributed by atoms with Crippen molar-refractivity contribution in [3.05, 3.63) is 0 Å². The van der Waals surface area contributed by atoms with E-state index >= 15 is 0 Å². The number of hydrogen-bond donors (Lipinski definition) is 0. The third-order valence-corrected chi connectivity index (χ3v) is 3.75. The molecule has 0 spiro atoms. The topological polar surface area (TPSA) is 35.5 Å². The van der Waals surface area contributed by atoms with Gasteiger partial charge in [0.1, 0.15) is 5.78 Å². The van der Waals surface area contributed by atoms with E-state index in [0.29, 0.717) is 49.3 Å². The third-order valence-electron chi connectivity index (χ3n) is 3.75. The van der Waals surface area contributed by atoms with Gasteiger partial charge in [0, 0.05) is 19.4 Å². The molecule has 138 valence electrons. The summed E-state index contributed by atoms with van der Waals surface area (Å²) in [5, 5.41) is 0. The fourth-order valence-corrected chi connectivity index (χ4v) is 2.32. The van der Waals surface area contributed by atoms with E-state index in [2.05, 4.69) is 41.5 Å². The lowest BCUT2D eigenvalue weighted by molar-refractivity contribution is -0.120. The quantitative estimate of drug-likeness (QED) is 0.424. The molecule has 0 aromatic rings. The molecule has 0 rings (SSSR count). The maximum Gasteiger partial charge on any atom is 0.135 e. The molecule has 0 bridgehead atoms. The van der Waals surface area contributed by atoms with Crippen LogP contribution in [0.15, 0.2) is 0 Å². The molecule has 0 aromatic heterocycles. The number of Topliss-reactive ketones (excluding diaryl/α,β-unsaturated/α-hetero) is 1. The van der Waals surface area contributed by atoms with E-state index < -0.39 is 0 Å². The fraction of sp³-hybridized carbons (Fsp3) is 0.950. The van der Waals surface area contributed by atoms with Gasteiger partial charge in [-0.15, -0.1) is 0 Å². The Morgan fingerprint density at radius 2 is 1.17 bits per heavy atom. The Morgan fingerprint density at radius 1 is 0.652 bits per heavy atom. The molecule has 0 N–H and O–H groups in total. The van der Waals surface area contributed by atoms with E-state index in [1.54, 1.807) is 0 Å². The lowest BCUT2D eigenvalue weighted by Crippen LogP contribution is -2.11. The molecule has 0 amide bonds. The second-order valence-electron chi connectivity index (χ2n) is 8.95. The summed E-state index contributed by atoms with van der Waals surface area (Å²) in [7, 11) is 0. The maximum absolute atomic E-state index is 11.7. The van der Waals surface area contributed by atoms with Gasteiger partial charge in [0.05, 0.1) is 19.8 Å². The van der Waals surface area contributed by atoms with Crippen molar-refractivity contribution in [1.29, 1.82) is 0 Å². The van der Waals surface area contributed by atoms with Gasteiger partial charge in [-0.2, -0.15) is 0 Å². The van der Waals surface area contributed by atoms with Crippen molar-refractivity contribution in [2.24, 2.45) is 10.8 Å². The first-order valence-corrected chi connectivity index (χ1v) is 9.27. The lowest BCUT2D eigenvalue weighted by atomic mass is 9.89. The van der Waals surface area contributed by atoms with E-state index in [4.69, 9.17) is 9.47 Å². The monoisotopic (exact) mass is 328 g/mol. The summed E-state index contributed by atoms with van der Waals surface area (Å²) in [5.41, 5.74) is 0.756. The van der Waals surface area contributed by atoms with Crippen LogP contribution < -0.4 is 0 Å². The SMILES string of the molecule is CC(C)(C)CCCCC(=O)CCOCCOCCCC(C)(C)C. The van der Waals surface area contributed by atoms with Crippen molar-refractivity contribution < 1.29 is 14.3 Å². The van der Waals surface area contributed by atoms with Gasteiger partial charge in [-0.1, -0.05) is 48.0 Å². The molecule has 23 heavy (non-hydrogen) atoms. The van der Waals surface area contributed by atoms with Gasteiger partial charge < -0.3 is 9.47 Å². The molecule has 3 heteroatoms. The normalized spacial score (nSPS) is 12.6. The summed E-state index contributed by atoms with van der Waals surface area (Å²) in [6.07, 6.45) is 6.84. The van der Waals surface area contributed by atoms with Crippen LogP contribution in [0.2, 0.25) is 0 Å². The molecule has 3 nitrogen and oxygen atoms in total. The van der Waals surface area contributed by atoms with E-state index in [0.717, 1.165) is 25.9 Å². The Morgan fingerprint density at radius 3 is 1.74 bits per heavy atom. The first-order chi connectivity index (χ1) is 10.6. The largest absolute Gasteiger partial charge is 0.379 e. The Bertz CT molecular complexity index is 297. The highest BCUT2D eigenvalue weighted by Gasteiger charge is 2.10. The van der Waals surface area contributed by atoms with E-state index in [1.807, 2.05) is 0 Å². The predicted molar refractivity (Wildman–Crippen MR) is 97.9 cm³/mol. The molecule has 0 saturated carbocycles. The average Bonchev–Trinajstić information content (AvgIpc) is 2.39. The molecule has 0 aliphatic heterocycles. The van der Waals surface area contributed by atoms with E-state index in [9.17, 15) is 4.79 Å².